The number of hydrogen-bond donors (Lipinski definition) is 4. The average Bonchev–Trinajstić information content (AvgIpc) is 2.91. The lowest BCUT2D eigenvalue weighted by Gasteiger charge is -2.29. The maximum absolute atomic E-state index is 12.7. The number of benzene rings is 1. The molecule has 2 aliphatic rings. The fraction of sp³-hybridized carbons (Fsp3) is 0.471. The van der Waals surface area contributed by atoms with Gasteiger partial charge in [0, 0.05) is 37.7 Å². The number of hydrogen-bond acceptors (Lipinski definition) is 6. The largest absolute Gasteiger partial charge is 0.395 e. The molecule has 1 unspecified atom stereocenters. The summed E-state index contributed by atoms with van der Waals surface area (Å²) in [6.07, 6.45) is 0.606. The zero-order valence-electron chi connectivity index (χ0n) is 13.8. The van der Waals surface area contributed by atoms with Gasteiger partial charge in [0.25, 0.3) is 5.91 Å². The molecular formula is C17H22N4O4. The molecule has 8 nitrogen and oxygen atoms in total. The van der Waals surface area contributed by atoms with Crippen LogP contribution in [0.25, 0.3) is 0 Å². The Morgan fingerprint density at radius 1 is 1.36 bits per heavy atom. The number of piperidine rings is 1. The Kier molecular flexibility index (Phi) is 5.12. The molecule has 2 heterocycles. The van der Waals surface area contributed by atoms with Crippen LogP contribution in [0.5, 0.6) is 0 Å². The molecule has 0 bridgehead atoms. The zero-order chi connectivity index (χ0) is 18.0. The normalized spacial score (nSPS) is 21.3. The number of nitrogens with zero attached hydrogens (tertiary/aromatic N) is 1. The fourth-order valence-corrected chi connectivity index (χ4v) is 3.18. The van der Waals surface area contributed by atoms with Gasteiger partial charge >= 0.3 is 0 Å². The first-order chi connectivity index (χ1) is 12.0. The first-order valence-corrected chi connectivity index (χ1v) is 8.33. The molecule has 0 radical (unpaired) electrons. The Labute approximate surface area is 145 Å². The summed E-state index contributed by atoms with van der Waals surface area (Å²) in [5, 5.41) is 14.3. The summed E-state index contributed by atoms with van der Waals surface area (Å²) in [7, 11) is 0. The maximum Gasteiger partial charge on any atom is 0.255 e. The molecule has 5 N–H and O–H groups in total. The highest BCUT2D eigenvalue weighted by Crippen LogP contribution is 2.28. The summed E-state index contributed by atoms with van der Waals surface area (Å²) in [6, 6.07) is 4.72. The number of imide groups is 1. The van der Waals surface area contributed by atoms with Crippen molar-refractivity contribution in [3.63, 3.8) is 0 Å². The number of nitrogens with two attached hydrogens (primary N) is 1. The van der Waals surface area contributed by atoms with Gasteiger partial charge in [-0.25, -0.2) is 0 Å². The van der Waals surface area contributed by atoms with Crippen molar-refractivity contribution >= 4 is 17.7 Å². The predicted molar refractivity (Wildman–Crippen MR) is 89.3 cm³/mol. The van der Waals surface area contributed by atoms with Crippen LogP contribution in [0.1, 0.15) is 34.3 Å². The highest BCUT2D eigenvalue weighted by Gasteiger charge is 2.38. The average molecular weight is 346 g/mol. The number of nitrogens with one attached hydrogen (secondary N) is 2. The third-order valence-electron chi connectivity index (χ3n) is 4.56. The van der Waals surface area contributed by atoms with Gasteiger partial charge in [0.2, 0.25) is 11.8 Å². The quantitative estimate of drug-likeness (QED) is 0.483. The van der Waals surface area contributed by atoms with E-state index >= 15 is 0 Å². The van der Waals surface area contributed by atoms with Gasteiger partial charge < -0.3 is 21.1 Å². The minimum atomic E-state index is -0.596. The van der Waals surface area contributed by atoms with E-state index in [9.17, 15) is 14.4 Å². The van der Waals surface area contributed by atoms with Crippen molar-refractivity contribution in [1.82, 2.24) is 15.5 Å². The molecule has 0 saturated carbocycles. The van der Waals surface area contributed by atoms with E-state index in [0.29, 0.717) is 31.6 Å². The van der Waals surface area contributed by atoms with Crippen molar-refractivity contribution in [2.75, 3.05) is 13.2 Å². The molecule has 2 atom stereocenters. The van der Waals surface area contributed by atoms with Crippen molar-refractivity contribution < 1.29 is 19.5 Å². The molecule has 2 aliphatic heterocycles. The second-order valence-electron chi connectivity index (χ2n) is 6.47. The molecule has 0 aromatic heterocycles. The van der Waals surface area contributed by atoms with Crippen LogP contribution >= 0.6 is 0 Å². The van der Waals surface area contributed by atoms with E-state index in [1.165, 1.54) is 4.90 Å². The van der Waals surface area contributed by atoms with Gasteiger partial charge in [-0.05, 0) is 23.6 Å². The summed E-state index contributed by atoms with van der Waals surface area (Å²) in [5.74, 6) is -0.879. The SMILES string of the molecule is N[C@@H](CO)CNCc1ccc2c(c1)C(=O)N(C1CCC(=O)NC1=O)C2. The number of carbonyl (C=O) groups excluding carboxylic acids is 3. The Morgan fingerprint density at radius 2 is 2.16 bits per heavy atom. The van der Waals surface area contributed by atoms with Gasteiger partial charge in [-0.3, -0.25) is 19.7 Å². The molecule has 3 amide bonds. The lowest BCUT2D eigenvalue weighted by molar-refractivity contribution is -0.136. The number of rotatable bonds is 6. The lowest BCUT2D eigenvalue weighted by atomic mass is 10.0. The van der Waals surface area contributed by atoms with E-state index in [1.54, 1.807) is 0 Å². The molecule has 0 spiro atoms. The van der Waals surface area contributed by atoms with Crippen LogP contribution in [0.4, 0.5) is 0 Å². The Bertz CT molecular complexity index is 706. The molecule has 25 heavy (non-hydrogen) atoms. The molecule has 134 valence electrons. The second kappa shape index (κ2) is 7.30. The first kappa shape index (κ1) is 17.5. The number of amides is 3. The monoisotopic (exact) mass is 346 g/mol. The van der Waals surface area contributed by atoms with Crippen molar-refractivity contribution in [3.05, 3.63) is 34.9 Å². The van der Waals surface area contributed by atoms with E-state index in [4.69, 9.17) is 10.8 Å². The van der Waals surface area contributed by atoms with E-state index in [2.05, 4.69) is 10.6 Å². The van der Waals surface area contributed by atoms with Crippen LogP contribution < -0.4 is 16.4 Å². The summed E-state index contributed by atoms with van der Waals surface area (Å²) in [5.41, 5.74) is 8.04. The topological polar surface area (TPSA) is 125 Å². The molecule has 1 fully saturated rings. The fourth-order valence-electron chi connectivity index (χ4n) is 3.18. The lowest BCUT2D eigenvalue weighted by Crippen LogP contribution is -2.52. The number of aliphatic hydroxyl groups is 1. The molecular weight excluding hydrogens is 324 g/mol. The first-order valence-electron chi connectivity index (χ1n) is 8.33. The van der Waals surface area contributed by atoms with Gasteiger partial charge in [-0.2, -0.15) is 0 Å². The molecule has 0 aliphatic carbocycles. The highest BCUT2D eigenvalue weighted by atomic mass is 16.3. The number of aliphatic hydroxyl groups excluding tert-OH is 1. The van der Waals surface area contributed by atoms with Crippen LogP contribution in [0.2, 0.25) is 0 Å². The van der Waals surface area contributed by atoms with Crippen LogP contribution in [0.3, 0.4) is 0 Å². The van der Waals surface area contributed by atoms with Gasteiger partial charge in [0.1, 0.15) is 6.04 Å². The Hall–Kier alpha value is -2.29. The molecule has 1 aromatic rings. The van der Waals surface area contributed by atoms with Crippen molar-refractivity contribution in [1.29, 1.82) is 0 Å². The van der Waals surface area contributed by atoms with Crippen molar-refractivity contribution in [3.8, 4) is 0 Å². The van der Waals surface area contributed by atoms with Crippen molar-refractivity contribution in [2.45, 2.75) is 38.0 Å². The van der Waals surface area contributed by atoms with E-state index in [1.807, 2.05) is 18.2 Å². The molecule has 1 saturated heterocycles. The third kappa shape index (κ3) is 3.71. The van der Waals surface area contributed by atoms with Crippen molar-refractivity contribution in [2.24, 2.45) is 5.73 Å². The highest BCUT2D eigenvalue weighted by molar-refractivity contribution is 6.05. The molecule has 1 aromatic carbocycles. The molecule has 8 heteroatoms. The third-order valence-corrected chi connectivity index (χ3v) is 4.56. The number of carbonyl (C=O) groups is 3. The van der Waals surface area contributed by atoms with Gasteiger partial charge in [0.05, 0.1) is 6.61 Å². The van der Waals surface area contributed by atoms with Crippen LogP contribution in [0, 0.1) is 0 Å². The second-order valence-corrected chi connectivity index (χ2v) is 6.47. The van der Waals surface area contributed by atoms with Gasteiger partial charge in [-0.1, -0.05) is 12.1 Å². The minimum absolute atomic E-state index is 0.0867. The van der Waals surface area contributed by atoms with Crippen LogP contribution in [-0.2, 0) is 22.7 Å². The maximum atomic E-state index is 12.7. The molecule has 3 rings (SSSR count). The predicted octanol–water partition coefficient (Wildman–Crippen LogP) is -1.14. The van der Waals surface area contributed by atoms with E-state index < -0.39 is 11.9 Å². The smallest absolute Gasteiger partial charge is 0.255 e. The Balaban J connectivity index is 1.67. The van der Waals surface area contributed by atoms with Gasteiger partial charge in [-0.15, -0.1) is 0 Å². The summed E-state index contributed by atoms with van der Waals surface area (Å²) in [6.45, 7) is 1.30. The standard InChI is InChI=1S/C17H22N4O4/c18-12(9-22)7-19-6-10-1-2-11-8-21(17(25)13(11)5-10)14-3-4-15(23)20-16(14)24/h1-2,5,12,14,19,22H,3-4,6-9,18H2,(H,20,23,24)/t12-,14?/m1/s1. The zero-order valence-corrected chi connectivity index (χ0v) is 13.8. The van der Waals surface area contributed by atoms with E-state index in [-0.39, 0.29) is 30.9 Å². The van der Waals surface area contributed by atoms with Crippen LogP contribution in [-0.4, -0.2) is 53.0 Å². The van der Waals surface area contributed by atoms with E-state index in [0.717, 1.165) is 11.1 Å². The number of fused-ring (bicyclic) bond motifs is 1. The summed E-state index contributed by atoms with van der Waals surface area (Å²) >= 11 is 0. The van der Waals surface area contributed by atoms with Crippen LogP contribution in [0.15, 0.2) is 18.2 Å². The summed E-state index contributed by atoms with van der Waals surface area (Å²) in [4.78, 5) is 37.5. The van der Waals surface area contributed by atoms with Gasteiger partial charge in [0.15, 0.2) is 0 Å². The Morgan fingerprint density at radius 3 is 2.88 bits per heavy atom. The summed E-state index contributed by atoms with van der Waals surface area (Å²) < 4.78 is 0. The minimum Gasteiger partial charge on any atom is -0.395 e.